The molecule has 0 saturated carbocycles. The highest BCUT2D eigenvalue weighted by atomic mass is 16.6. The average molecular weight is 224 g/mol. The van der Waals surface area contributed by atoms with Gasteiger partial charge in [-0.15, -0.1) is 0 Å². The quantitative estimate of drug-likeness (QED) is 0.659. The lowest BCUT2D eigenvalue weighted by molar-refractivity contribution is -0.118. The van der Waals surface area contributed by atoms with E-state index in [9.17, 15) is 9.59 Å². The van der Waals surface area contributed by atoms with E-state index in [0.29, 0.717) is 5.69 Å². The van der Waals surface area contributed by atoms with Gasteiger partial charge >= 0.3 is 6.09 Å². The minimum absolute atomic E-state index is 0.111. The van der Waals surface area contributed by atoms with Crippen LogP contribution in [0, 0.1) is 0 Å². The number of carbonyl (C=O) groups is 2. The molecule has 86 valence electrons. The molecule has 0 fully saturated rings. The molecule has 6 heteroatoms. The number of phenolic OH excluding ortho intramolecular Hbond substituents is 1. The number of rotatable bonds is 3. The molecule has 0 aromatic heterocycles. The number of anilines is 1. The van der Waals surface area contributed by atoms with Gasteiger partial charge in [0.15, 0.2) is 6.61 Å². The number of benzene rings is 1. The molecule has 2 amide bonds. The Bertz CT molecular complexity index is 375. The predicted octanol–water partition coefficient (Wildman–Crippen LogP) is 0.687. The lowest BCUT2D eigenvalue weighted by Crippen LogP contribution is -2.25. The third-order valence-corrected chi connectivity index (χ3v) is 1.69. The first-order chi connectivity index (χ1) is 7.61. The zero-order chi connectivity index (χ0) is 12.0. The van der Waals surface area contributed by atoms with Crippen LogP contribution in [0.5, 0.6) is 5.75 Å². The number of amides is 2. The standard InChI is InChI=1S/C10H12N2O4/c1-11-10(15)16-6-9(14)12-7-2-4-8(13)5-3-7/h2-5,13H,6H2,1H3,(H,11,15)(H,12,14). The van der Waals surface area contributed by atoms with Gasteiger partial charge in [-0.3, -0.25) is 4.79 Å². The number of aromatic hydroxyl groups is 1. The van der Waals surface area contributed by atoms with E-state index in [4.69, 9.17) is 5.11 Å². The number of hydrogen-bond acceptors (Lipinski definition) is 4. The van der Waals surface area contributed by atoms with Crippen LogP contribution in [-0.4, -0.2) is 30.8 Å². The van der Waals surface area contributed by atoms with Gasteiger partial charge in [0.1, 0.15) is 5.75 Å². The summed E-state index contributed by atoms with van der Waals surface area (Å²) >= 11 is 0. The van der Waals surface area contributed by atoms with Crippen molar-refractivity contribution in [3.05, 3.63) is 24.3 Å². The molecule has 1 rings (SSSR count). The van der Waals surface area contributed by atoms with Gasteiger partial charge in [-0.25, -0.2) is 4.79 Å². The molecule has 0 heterocycles. The Labute approximate surface area is 92.2 Å². The molecule has 6 nitrogen and oxygen atoms in total. The van der Waals surface area contributed by atoms with Crippen molar-refractivity contribution in [2.75, 3.05) is 19.0 Å². The minimum atomic E-state index is -0.666. The van der Waals surface area contributed by atoms with E-state index in [1.54, 1.807) is 0 Å². The number of alkyl carbamates (subject to hydrolysis) is 1. The van der Waals surface area contributed by atoms with Crippen LogP contribution in [0.2, 0.25) is 0 Å². The Balaban J connectivity index is 2.40. The second-order valence-corrected chi connectivity index (χ2v) is 2.92. The van der Waals surface area contributed by atoms with Gasteiger partial charge < -0.3 is 20.5 Å². The molecule has 0 unspecified atom stereocenters. The lowest BCUT2D eigenvalue weighted by atomic mass is 10.3. The van der Waals surface area contributed by atoms with Gasteiger partial charge in [-0.2, -0.15) is 0 Å². The van der Waals surface area contributed by atoms with Crippen molar-refractivity contribution in [1.82, 2.24) is 5.32 Å². The van der Waals surface area contributed by atoms with Crippen LogP contribution in [0.4, 0.5) is 10.5 Å². The van der Waals surface area contributed by atoms with E-state index in [0.717, 1.165) is 0 Å². The summed E-state index contributed by atoms with van der Waals surface area (Å²) in [7, 11) is 1.40. The van der Waals surface area contributed by atoms with Gasteiger partial charge in [0.25, 0.3) is 5.91 Å². The van der Waals surface area contributed by atoms with Gasteiger partial charge in [0.2, 0.25) is 0 Å². The first-order valence-corrected chi connectivity index (χ1v) is 4.55. The van der Waals surface area contributed by atoms with E-state index in [2.05, 4.69) is 15.4 Å². The summed E-state index contributed by atoms with van der Waals surface area (Å²) in [5.41, 5.74) is 0.517. The van der Waals surface area contributed by atoms with E-state index in [1.165, 1.54) is 31.3 Å². The number of carbonyl (C=O) groups excluding carboxylic acids is 2. The normalized spacial score (nSPS) is 9.31. The molecule has 0 aliphatic heterocycles. The topological polar surface area (TPSA) is 87.7 Å². The SMILES string of the molecule is CNC(=O)OCC(=O)Nc1ccc(O)cc1. The summed E-state index contributed by atoms with van der Waals surface area (Å²) in [5.74, 6) is -0.339. The maximum atomic E-state index is 11.2. The van der Waals surface area contributed by atoms with E-state index >= 15 is 0 Å². The monoisotopic (exact) mass is 224 g/mol. The molecule has 1 aromatic rings. The fourth-order valence-electron chi connectivity index (χ4n) is 0.945. The van der Waals surface area contributed by atoms with Crippen LogP contribution in [0.3, 0.4) is 0 Å². The summed E-state index contributed by atoms with van der Waals surface area (Å²) in [6.07, 6.45) is -0.666. The maximum Gasteiger partial charge on any atom is 0.407 e. The fraction of sp³-hybridized carbons (Fsp3) is 0.200. The Hall–Kier alpha value is -2.24. The number of nitrogens with one attached hydrogen (secondary N) is 2. The van der Waals surface area contributed by atoms with Crippen molar-refractivity contribution in [1.29, 1.82) is 0 Å². The molecule has 1 aromatic carbocycles. The summed E-state index contributed by atoms with van der Waals surface area (Å²) in [5, 5.41) is 13.7. The fourth-order valence-corrected chi connectivity index (χ4v) is 0.945. The Morgan fingerprint density at radius 2 is 1.94 bits per heavy atom. The summed E-state index contributed by atoms with van der Waals surface area (Å²) < 4.78 is 4.54. The largest absolute Gasteiger partial charge is 0.508 e. The number of hydrogen-bond donors (Lipinski definition) is 3. The third kappa shape index (κ3) is 3.87. The number of ether oxygens (including phenoxy) is 1. The highest BCUT2D eigenvalue weighted by molar-refractivity contribution is 5.92. The molecule has 0 atom stereocenters. The minimum Gasteiger partial charge on any atom is -0.508 e. The van der Waals surface area contributed by atoms with Gasteiger partial charge in [0.05, 0.1) is 0 Å². The molecule has 0 spiro atoms. The maximum absolute atomic E-state index is 11.2. The Morgan fingerprint density at radius 3 is 2.50 bits per heavy atom. The first-order valence-electron chi connectivity index (χ1n) is 4.55. The molecule has 0 radical (unpaired) electrons. The van der Waals surface area contributed by atoms with Crippen molar-refractivity contribution in [2.45, 2.75) is 0 Å². The zero-order valence-corrected chi connectivity index (χ0v) is 8.69. The van der Waals surface area contributed by atoms with Crippen LogP contribution in [0.25, 0.3) is 0 Å². The van der Waals surface area contributed by atoms with Crippen LogP contribution >= 0.6 is 0 Å². The predicted molar refractivity (Wildman–Crippen MR) is 57.1 cm³/mol. The molecular weight excluding hydrogens is 212 g/mol. The first kappa shape index (κ1) is 11.8. The van der Waals surface area contributed by atoms with Crippen molar-refractivity contribution in [3.8, 4) is 5.75 Å². The van der Waals surface area contributed by atoms with E-state index in [-0.39, 0.29) is 12.4 Å². The van der Waals surface area contributed by atoms with E-state index in [1.807, 2.05) is 0 Å². The molecule has 16 heavy (non-hydrogen) atoms. The second kappa shape index (κ2) is 5.59. The van der Waals surface area contributed by atoms with Crippen molar-refractivity contribution in [3.63, 3.8) is 0 Å². The van der Waals surface area contributed by atoms with Crippen molar-refractivity contribution >= 4 is 17.7 Å². The zero-order valence-electron chi connectivity index (χ0n) is 8.69. The van der Waals surface area contributed by atoms with Crippen LogP contribution in [0.15, 0.2) is 24.3 Å². The summed E-state index contributed by atoms with van der Waals surface area (Å²) in [4.78, 5) is 21.9. The third-order valence-electron chi connectivity index (χ3n) is 1.69. The highest BCUT2D eigenvalue weighted by Crippen LogP contribution is 2.13. The molecule has 0 saturated heterocycles. The Morgan fingerprint density at radius 1 is 1.31 bits per heavy atom. The van der Waals surface area contributed by atoms with Crippen LogP contribution in [0.1, 0.15) is 0 Å². The molecule has 0 aliphatic carbocycles. The van der Waals surface area contributed by atoms with E-state index < -0.39 is 12.0 Å². The lowest BCUT2D eigenvalue weighted by Gasteiger charge is -2.05. The molecule has 0 aliphatic rings. The molecular formula is C10H12N2O4. The second-order valence-electron chi connectivity index (χ2n) is 2.92. The van der Waals surface area contributed by atoms with Crippen LogP contribution in [-0.2, 0) is 9.53 Å². The average Bonchev–Trinajstić information content (AvgIpc) is 2.29. The van der Waals surface area contributed by atoms with Gasteiger partial charge in [-0.05, 0) is 24.3 Å². The summed E-state index contributed by atoms with van der Waals surface area (Å²) in [6, 6.07) is 5.95. The Kier molecular flexibility index (Phi) is 4.14. The smallest absolute Gasteiger partial charge is 0.407 e. The van der Waals surface area contributed by atoms with Crippen molar-refractivity contribution < 1.29 is 19.4 Å². The highest BCUT2D eigenvalue weighted by Gasteiger charge is 2.05. The van der Waals surface area contributed by atoms with Gasteiger partial charge in [-0.1, -0.05) is 0 Å². The van der Waals surface area contributed by atoms with Crippen molar-refractivity contribution in [2.24, 2.45) is 0 Å². The molecule has 0 bridgehead atoms. The van der Waals surface area contributed by atoms with Crippen LogP contribution < -0.4 is 10.6 Å². The van der Waals surface area contributed by atoms with Gasteiger partial charge in [0, 0.05) is 12.7 Å². The summed E-state index contributed by atoms with van der Waals surface area (Å²) in [6.45, 7) is -0.361. The number of phenols is 1. The molecule has 3 N–H and O–H groups in total.